The number of rotatable bonds is 1. The minimum Gasteiger partial charge on any atom is -0.330 e. The molecule has 0 amide bonds. The number of hydrogen-bond acceptors (Lipinski definition) is 2. The van der Waals surface area contributed by atoms with Crippen molar-refractivity contribution in [1.29, 1.82) is 0 Å². The minimum absolute atomic E-state index is 0.840. The molecule has 0 spiro atoms. The van der Waals surface area contributed by atoms with Crippen molar-refractivity contribution < 1.29 is 0 Å². The van der Waals surface area contributed by atoms with Crippen LogP contribution in [0.25, 0.3) is 0 Å². The summed E-state index contributed by atoms with van der Waals surface area (Å²) < 4.78 is 0. The molecule has 0 bridgehead atoms. The van der Waals surface area contributed by atoms with Crippen molar-refractivity contribution in [3.8, 4) is 0 Å². The molecular weight excluding hydrogens is 136 g/mol. The highest BCUT2D eigenvalue weighted by Gasteiger charge is 2.56. The molecule has 0 aromatic rings. The SMILES string of the molecule is NCC1CCN2CC3CC3C12. The predicted molar refractivity (Wildman–Crippen MR) is 44.1 cm³/mol. The van der Waals surface area contributed by atoms with Gasteiger partial charge in [0.1, 0.15) is 0 Å². The van der Waals surface area contributed by atoms with Gasteiger partial charge in [-0.05, 0) is 43.7 Å². The lowest BCUT2D eigenvalue weighted by molar-refractivity contribution is 0.253. The first-order chi connectivity index (χ1) is 5.40. The number of piperidine rings is 1. The van der Waals surface area contributed by atoms with Crippen LogP contribution in [0, 0.1) is 17.8 Å². The summed E-state index contributed by atoms with van der Waals surface area (Å²) in [6.45, 7) is 3.65. The van der Waals surface area contributed by atoms with E-state index in [1.54, 1.807) is 0 Å². The topological polar surface area (TPSA) is 29.3 Å². The second-order valence-electron chi connectivity index (χ2n) is 4.43. The monoisotopic (exact) mass is 152 g/mol. The summed E-state index contributed by atoms with van der Waals surface area (Å²) in [6.07, 6.45) is 2.88. The van der Waals surface area contributed by atoms with Gasteiger partial charge < -0.3 is 5.73 Å². The van der Waals surface area contributed by atoms with Crippen molar-refractivity contribution in [3.63, 3.8) is 0 Å². The third-order valence-corrected chi connectivity index (χ3v) is 3.88. The minimum atomic E-state index is 0.840. The molecule has 1 saturated carbocycles. The first-order valence-corrected chi connectivity index (χ1v) is 4.84. The Labute approximate surface area is 67.7 Å². The summed E-state index contributed by atoms with van der Waals surface area (Å²) >= 11 is 0. The Morgan fingerprint density at radius 3 is 3.18 bits per heavy atom. The highest BCUT2D eigenvalue weighted by Crippen LogP contribution is 2.54. The Kier molecular flexibility index (Phi) is 1.16. The Balaban J connectivity index is 1.82. The van der Waals surface area contributed by atoms with Crippen molar-refractivity contribution in [2.24, 2.45) is 23.5 Å². The Hall–Kier alpha value is -0.0800. The van der Waals surface area contributed by atoms with E-state index < -0.39 is 0 Å². The van der Waals surface area contributed by atoms with Crippen LogP contribution >= 0.6 is 0 Å². The van der Waals surface area contributed by atoms with E-state index in [9.17, 15) is 0 Å². The largest absolute Gasteiger partial charge is 0.330 e. The normalized spacial score (nSPS) is 54.3. The zero-order valence-corrected chi connectivity index (χ0v) is 6.87. The zero-order valence-electron chi connectivity index (χ0n) is 6.87. The lowest BCUT2D eigenvalue weighted by atomic mass is 9.97. The third-order valence-electron chi connectivity index (χ3n) is 3.88. The Morgan fingerprint density at radius 2 is 2.36 bits per heavy atom. The van der Waals surface area contributed by atoms with E-state index in [2.05, 4.69) is 4.90 Å². The summed E-state index contributed by atoms with van der Waals surface area (Å²) in [7, 11) is 0. The molecule has 2 saturated heterocycles. The van der Waals surface area contributed by atoms with Gasteiger partial charge in [-0.1, -0.05) is 0 Å². The van der Waals surface area contributed by atoms with Gasteiger partial charge >= 0.3 is 0 Å². The molecule has 1 aliphatic carbocycles. The fourth-order valence-electron chi connectivity index (χ4n) is 3.24. The van der Waals surface area contributed by atoms with Gasteiger partial charge in [0.25, 0.3) is 0 Å². The Bertz CT molecular complexity index is 180. The maximum atomic E-state index is 5.74. The summed E-state index contributed by atoms with van der Waals surface area (Å²) in [4.78, 5) is 2.68. The molecule has 2 heteroatoms. The first kappa shape index (κ1) is 6.44. The molecule has 4 atom stereocenters. The molecule has 0 aromatic heterocycles. The zero-order chi connectivity index (χ0) is 7.42. The van der Waals surface area contributed by atoms with Gasteiger partial charge in [0, 0.05) is 12.6 Å². The van der Waals surface area contributed by atoms with Crippen LogP contribution < -0.4 is 5.73 Å². The molecule has 3 rings (SSSR count). The van der Waals surface area contributed by atoms with Gasteiger partial charge in [-0.3, -0.25) is 4.90 Å². The van der Waals surface area contributed by atoms with Crippen molar-refractivity contribution in [1.82, 2.24) is 4.90 Å². The van der Waals surface area contributed by atoms with E-state index in [1.807, 2.05) is 0 Å². The molecule has 0 radical (unpaired) electrons. The quantitative estimate of drug-likeness (QED) is 0.585. The third kappa shape index (κ3) is 0.744. The number of fused-ring (bicyclic) bond motifs is 3. The lowest BCUT2D eigenvalue weighted by Gasteiger charge is -2.21. The molecule has 0 aromatic carbocycles. The predicted octanol–water partition coefficient (Wildman–Crippen LogP) is 0.285. The van der Waals surface area contributed by atoms with Crippen LogP contribution in [0.2, 0.25) is 0 Å². The average molecular weight is 152 g/mol. The number of hydrogen-bond donors (Lipinski definition) is 1. The van der Waals surface area contributed by atoms with Crippen LogP contribution in [0.4, 0.5) is 0 Å². The summed E-state index contributed by atoms with van der Waals surface area (Å²) in [5, 5.41) is 0. The van der Waals surface area contributed by atoms with Crippen molar-refractivity contribution in [2.45, 2.75) is 18.9 Å². The van der Waals surface area contributed by atoms with Gasteiger partial charge in [-0.25, -0.2) is 0 Å². The van der Waals surface area contributed by atoms with Gasteiger partial charge in [0.15, 0.2) is 0 Å². The molecule has 2 nitrogen and oxygen atoms in total. The van der Waals surface area contributed by atoms with Crippen molar-refractivity contribution >= 4 is 0 Å². The Morgan fingerprint density at radius 1 is 1.45 bits per heavy atom. The van der Waals surface area contributed by atoms with Crippen LogP contribution in [-0.4, -0.2) is 30.6 Å². The van der Waals surface area contributed by atoms with E-state index >= 15 is 0 Å². The van der Waals surface area contributed by atoms with Gasteiger partial charge in [0.05, 0.1) is 0 Å². The first-order valence-electron chi connectivity index (χ1n) is 4.84. The lowest BCUT2D eigenvalue weighted by Crippen LogP contribution is -2.33. The van der Waals surface area contributed by atoms with Crippen LogP contribution in [0.1, 0.15) is 12.8 Å². The van der Waals surface area contributed by atoms with E-state index in [0.29, 0.717) is 0 Å². The molecule has 11 heavy (non-hydrogen) atoms. The van der Waals surface area contributed by atoms with Gasteiger partial charge in [-0.15, -0.1) is 0 Å². The maximum absolute atomic E-state index is 5.74. The van der Waals surface area contributed by atoms with E-state index in [4.69, 9.17) is 5.73 Å². The highest BCUT2D eigenvalue weighted by molar-refractivity contribution is 5.09. The molecule has 2 heterocycles. The van der Waals surface area contributed by atoms with E-state index in [0.717, 1.165) is 30.3 Å². The fourth-order valence-corrected chi connectivity index (χ4v) is 3.24. The molecule has 2 N–H and O–H groups in total. The number of nitrogens with two attached hydrogens (primary N) is 1. The van der Waals surface area contributed by atoms with Crippen LogP contribution in [0.3, 0.4) is 0 Å². The molecule has 4 unspecified atom stereocenters. The smallest absolute Gasteiger partial charge is 0.0168 e. The summed E-state index contributed by atoms with van der Waals surface area (Å²) in [5.41, 5.74) is 5.74. The van der Waals surface area contributed by atoms with Crippen molar-refractivity contribution in [2.75, 3.05) is 19.6 Å². The molecule has 3 aliphatic rings. The van der Waals surface area contributed by atoms with E-state index in [-0.39, 0.29) is 0 Å². The molecular formula is C9H16N2. The summed E-state index contributed by atoms with van der Waals surface area (Å²) in [6, 6.07) is 0.907. The van der Waals surface area contributed by atoms with Gasteiger partial charge in [-0.2, -0.15) is 0 Å². The standard InChI is InChI=1S/C9H16N2/c10-4-6-1-2-11-5-7-3-8(7)9(6)11/h6-9H,1-5,10H2. The van der Waals surface area contributed by atoms with Crippen LogP contribution in [0.15, 0.2) is 0 Å². The van der Waals surface area contributed by atoms with Crippen LogP contribution in [-0.2, 0) is 0 Å². The fraction of sp³-hybridized carbons (Fsp3) is 1.00. The number of nitrogens with zero attached hydrogens (tertiary/aromatic N) is 1. The second kappa shape index (κ2) is 1.99. The van der Waals surface area contributed by atoms with Gasteiger partial charge in [0.2, 0.25) is 0 Å². The van der Waals surface area contributed by atoms with Crippen LogP contribution in [0.5, 0.6) is 0 Å². The molecule has 62 valence electrons. The summed E-state index contributed by atoms with van der Waals surface area (Å²) in [5.74, 6) is 2.98. The second-order valence-corrected chi connectivity index (χ2v) is 4.43. The maximum Gasteiger partial charge on any atom is 0.0168 e. The average Bonchev–Trinajstić information content (AvgIpc) is 2.53. The highest BCUT2D eigenvalue weighted by atomic mass is 15.2. The van der Waals surface area contributed by atoms with Crippen molar-refractivity contribution in [3.05, 3.63) is 0 Å². The molecule has 2 aliphatic heterocycles. The molecule has 3 fully saturated rings. The van der Waals surface area contributed by atoms with E-state index in [1.165, 1.54) is 25.9 Å².